The Morgan fingerprint density at radius 1 is 0.333 bits per heavy atom. The Balaban J connectivity index is 4.25. The van der Waals surface area contributed by atoms with Crippen LogP contribution in [-0.2, 0) is 33.3 Å². The van der Waals surface area contributed by atoms with Crippen molar-refractivity contribution in [1.82, 2.24) is 0 Å². The third-order valence-electron chi connectivity index (χ3n) is 15.1. The van der Waals surface area contributed by atoms with Crippen molar-refractivity contribution in [3.05, 3.63) is 182 Å². The number of quaternary nitrogens is 1. The minimum absolute atomic E-state index is 0.130. The first-order valence-electron chi connectivity index (χ1n) is 36.9. The predicted molar refractivity (Wildman–Crippen MR) is 398 cm³/mol. The van der Waals surface area contributed by atoms with Gasteiger partial charge in [-0.3, -0.25) is 9.59 Å². The Kier molecular flexibility index (Phi) is 67.9. The summed E-state index contributed by atoms with van der Waals surface area (Å²) < 4.78 is 22.7. The molecule has 2 unspecified atom stereocenters. The number of carbonyl (C=O) groups is 3. The molecule has 0 fully saturated rings. The number of carboxylic acids is 1. The van der Waals surface area contributed by atoms with Gasteiger partial charge in [0.05, 0.1) is 40.3 Å². The van der Waals surface area contributed by atoms with Gasteiger partial charge in [-0.05, 0) is 141 Å². The first kappa shape index (κ1) is 87.4. The highest BCUT2D eigenvalue weighted by molar-refractivity contribution is 5.70. The molecule has 9 heteroatoms. The van der Waals surface area contributed by atoms with Crippen molar-refractivity contribution in [1.29, 1.82) is 0 Å². The lowest BCUT2D eigenvalue weighted by molar-refractivity contribution is -0.870. The monoisotopic (exact) mass is 1290 g/mol. The minimum atomic E-state index is -1.65. The van der Waals surface area contributed by atoms with Gasteiger partial charge in [-0.25, -0.2) is 0 Å². The van der Waals surface area contributed by atoms with Crippen molar-refractivity contribution >= 4 is 17.9 Å². The molecule has 0 heterocycles. The van der Waals surface area contributed by atoms with Gasteiger partial charge in [0.25, 0.3) is 0 Å². The number of allylic oxidation sites excluding steroid dienone is 30. The lowest BCUT2D eigenvalue weighted by Crippen LogP contribution is -2.44. The summed E-state index contributed by atoms with van der Waals surface area (Å²) in [6, 6.07) is 0. The molecular formula is C84H135NO8. The molecule has 0 saturated carbocycles. The molecule has 0 aliphatic rings. The van der Waals surface area contributed by atoms with Crippen LogP contribution in [0.4, 0.5) is 0 Å². The summed E-state index contributed by atoms with van der Waals surface area (Å²) in [7, 11) is 5.90. The molecule has 0 N–H and O–H groups in total. The number of ether oxygens (including phenoxy) is 4. The zero-order valence-electron chi connectivity index (χ0n) is 59.8. The fraction of sp³-hybridized carbons (Fsp3) is 0.607. The molecule has 9 nitrogen and oxygen atoms in total. The molecule has 0 amide bonds. The van der Waals surface area contributed by atoms with Crippen LogP contribution in [0.5, 0.6) is 0 Å². The van der Waals surface area contributed by atoms with Gasteiger partial charge in [0, 0.05) is 12.8 Å². The third kappa shape index (κ3) is 73.7. The van der Waals surface area contributed by atoms with Crippen LogP contribution in [0.1, 0.15) is 271 Å². The molecule has 0 aromatic rings. The Morgan fingerprint density at radius 3 is 0.935 bits per heavy atom. The molecule has 0 aromatic carbocycles. The molecule has 0 spiro atoms. The summed E-state index contributed by atoms with van der Waals surface area (Å²) in [5, 5.41) is 11.8. The SMILES string of the molecule is CC/C=C\C/C=C\C/C=C\C/C=C\C/C=C\C/C=C\C/C=C\C/C=C\C/C=C\C/C=C\C/C=C\C/C=C\CCCCC(=O)OC(COC(=O)CCCCCCCCCCCCCCCC/C=C\C/C=C\C/C=C\CCCCCCC)COC(OCC[N+](C)(C)C)C(=O)[O-]. The average Bonchev–Trinajstić information content (AvgIpc) is 3.38. The van der Waals surface area contributed by atoms with Gasteiger partial charge in [-0.15, -0.1) is 0 Å². The summed E-state index contributed by atoms with van der Waals surface area (Å²) >= 11 is 0. The molecule has 0 radical (unpaired) electrons. The largest absolute Gasteiger partial charge is 0.545 e. The van der Waals surface area contributed by atoms with Gasteiger partial charge in [0.15, 0.2) is 12.4 Å². The molecule has 2 atom stereocenters. The summed E-state index contributed by atoms with van der Waals surface area (Å²) in [4.78, 5) is 37.5. The molecule has 0 aromatic heterocycles. The Bertz CT molecular complexity index is 2190. The summed E-state index contributed by atoms with van der Waals surface area (Å²) in [6.45, 7) is 4.56. The quantitative estimate of drug-likeness (QED) is 0.0195. The number of hydrogen-bond donors (Lipinski definition) is 0. The maximum atomic E-state index is 12.9. The van der Waals surface area contributed by atoms with Gasteiger partial charge in [-0.1, -0.05) is 299 Å². The number of likely N-dealkylation sites (N-methyl/N-ethyl adjacent to an activating group) is 1. The number of rotatable bonds is 66. The van der Waals surface area contributed by atoms with E-state index in [-0.39, 0.29) is 38.6 Å². The Morgan fingerprint density at radius 2 is 0.613 bits per heavy atom. The molecular weight excluding hydrogens is 1150 g/mol. The topological polar surface area (TPSA) is 111 Å². The van der Waals surface area contributed by atoms with Crippen molar-refractivity contribution in [2.24, 2.45) is 0 Å². The molecule has 524 valence electrons. The summed E-state index contributed by atoms with van der Waals surface area (Å²) in [5.74, 6) is -2.36. The van der Waals surface area contributed by atoms with Crippen LogP contribution < -0.4 is 5.11 Å². The van der Waals surface area contributed by atoms with Crippen LogP contribution in [-0.4, -0.2) is 82.3 Å². The smallest absolute Gasteiger partial charge is 0.306 e. The minimum Gasteiger partial charge on any atom is -0.545 e. The van der Waals surface area contributed by atoms with Gasteiger partial charge in [0.2, 0.25) is 0 Å². The van der Waals surface area contributed by atoms with E-state index in [1.165, 1.54) is 116 Å². The first-order valence-corrected chi connectivity index (χ1v) is 36.9. The highest BCUT2D eigenvalue weighted by atomic mass is 16.7. The summed E-state index contributed by atoms with van der Waals surface area (Å²) in [5.41, 5.74) is 0. The van der Waals surface area contributed by atoms with E-state index in [1.54, 1.807) is 0 Å². The van der Waals surface area contributed by atoms with Crippen LogP contribution in [0.3, 0.4) is 0 Å². The van der Waals surface area contributed by atoms with Gasteiger partial charge < -0.3 is 33.3 Å². The number of esters is 2. The van der Waals surface area contributed by atoms with Crippen LogP contribution in [0.15, 0.2) is 182 Å². The number of aliphatic carboxylic acids is 1. The van der Waals surface area contributed by atoms with Gasteiger partial charge in [0.1, 0.15) is 13.2 Å². The van der Waals surface area contributed by atoms with E-state index in [9.17, 15) is 19.5 Å². The highest BCUT2D eigenvalue weighted by Crippen LogP contribution is 2.16. The van der Waals surface area contributed by atoms with Gasteiger partial charge in [-0.2, -0.15) is 0 Å². The predicted octanol–water partition coefficient (Wildman–Crippen LogP) is 22.2. The normalized spacial score (nSPS) is 13.8. The highest BCUT2D eigenvalue weighted by Gasteiger charge is 2.22. The number of carboxylic acid groups (broad SMARTS) is 1. The van der Waals surface area contributed by atoms with E-state index < -0.39 is 24.3 Å². The molecule has 0 bridgehead atoms. The van der Waals surface area contributed by atoms with Gasteiger partial charge >= 0.3 is 11.9 Å². The molecule has 0 rings (SSSR count). The first-order chi connectivity index (χ1) is 45.6. The van der Waals surface area contributed by atoms with Crippen molar-refractivity contribution in [2.45, 2.75) is 283 Å². The molecule has 0 saturated heterocycles. The number of hydrogen-bond acceptors (Lipinski definition) is 8. The second-order valence-corrected chi connectivity index (χ2v) is 25.1. The van der Waals surface area contributed by atoms with E-state index in [1.807, 2.05) is 21.1 Å². The lowest BCUT2D eigenvalue weighted by atomic mass is 10.0. The van der Waals surface area contributed by atoms with Crippen LogP contribution in [0.25, 0.3) is 0 Å². The second kappa shape index (κ2) is 72.2. The number of unbranched alkanes of at least 4 members (excludes halogenated alkanes) is 21. The number of nitrogens with zero attached hydrogens (tertiary/aromatic N) is 1. The van der Waals surface area contributed by atoms with Crippen molar-refractivity contribution in [3.8, 4) is 0 Å². The second-order valence-electron chi connectivity index (χ2n) is 25.1. The maximum absolute atomic E-state index is 12.9. The van der Waals surface area contributed by atoms with Crippen molar-refractivity contribution in [3.63, 3.8) is 0 Å². The number of carbonyl (C=O) groups excluding carboxylic acids is 3. The third-order valence-corrected chi connectivity index (χ3v) is 15.1. The zero-order chi connectivity index (χ0) is 67.5. The fourth-order valence-corrected chi connectivity index (χ4v) is 9.53. The van der Waals surface area contributed by atoms with E-state index in [0.29, 0.717) is 17.4 Å². The fourth-order valence-electron chi connectivity index (χ4n) is 9.53. The summed E-state index contributed by atoms with van der Waals surface area (Å²) in [6.07, 6.45) is 107. The van der Waals surface area contributed by atoms with Crippen LogP contribution in [0, 0.1) is 0 Å². The average molecular weight is 1290 g/mol. The van der Waals surface area contributed by atoms with Crippen LogP contribution in [0.2, 0.25) is 0 Å². The standard InChI is InChI=1S/C84H135NO8/c1-6-8-10-12-14-16-18-20-22-24-26-28-30-32-34-36-37-38-39-40-41-42-43-44-45-47-49-51-53-55-57-59-61-63-65-67-69-71-73-75-82(87)93-80(79-92-84(83(88)89)90-77-76-85(3,4)5)78-91-81(86)74-72-70-68-66-64-62-60-58-56-54-52-50-48-46-35-33-31-29-27-25-23-21-19-17-15-13-11-9-7-2/h8,10,14,16,19-22,25-28,31-34,37-38,40-41,43-44,47,49,53,55,59,61,65,67,80,84H,6-7,9,11-13,15,17-18,23-24,29-30,35-36,39,42,45-46,48,50-52,54,56-58,60,62-64,66,68-79H2,1-5H3/b10-8-,16-14-,21-19-,22-20-,27-25-,28-26-,33-31-,34-32-,38-37-,41-40-,44-43-,49-47-,55-53-,61-59-,67-65-. The molecule has 0 aliphatic heterocycles. The Labute approximate surface area is 570 Å². The molecule has 93 heavy (non-hydrogen) atoms. The van der Waals surface area contributed by atoms with Crippen molar-refractivity contribution in [2.75, 3.05) is 47.5 Å². The molecule has 0 aliphatic carbocycles. The lowest BCUT2D eigenvalue weighted by Gasteiger charge is -2.26. The van der Waals surface area contributed by atoms with E-state index in [4.69, 9.17) is 18.9 Å². The van der Waals surface area contributed by atoms with E-state index in [0.717, 1.165) is 122 Å². The Hall–Kier alpha value is -5.61. The maximum Gasteiger partial charge on any atom is 0.306 e. The van der Waals surface area contributed by atoms with E-state index in [2.05, 4.69) is 196 Å². The van der Waals surface area contributed by atoms with Crippen molar-refractivity contribution < 1.29 is 42.9 Å². The van der Waals surface area contributed by atoms with Crippen LogP contribution >= 0.6 is 0 Å². The van der Waals surface area contributed by atoms with E-state index >= 15 is 0 Å². The zero-order valence-corrected chi connectivity index (χ0v) is 59.8.